The molecule has 9 nitrogen and oxygen atoms in total. The van der Waals surface area contributed by atoms with Crippen LogP contribution in [-0.2, 0) is 11.3 Å². The molecule has 1 aromatic carbocycles. The molecule has 1 aliphatic heterocycles. The number of carbonyl (C=O) groups excluding carboxylic acids is 2. The Bertz CT molecular complexity index is 948. The van der Waals surface area contributed by atoms with Crippen LogP contribution in [0.5, 0.6) is 0 Å². The summed E-state index contributed by atoms with van der Waals surface area (Å²) < 4.78 is 5.31. The average Bonchev–Trinajstić information content (AvgIpc) is 2.75. The number of para-hydroxylation sites is 1. The number of fused-ring (bicyclic) bond motifs is 1. The smallest absolute Gasteiger partial charge is 0.407 e. The Morgan fingerprint density at radius 3 is 2.77 bits per heavy atom. The predicted molar refractivity (Wildman–Crippen MR) is 114 cm³/mol. The highest BCUT2D eigenvalue weighted by Gasteiger charge is 2.28. The fourth-order valence-electron chi connectivity index (χ4n) is 3.69. The highest BCUT2D eigenvalue weighted by atomic mass is 35.5. The van der Waals surface area contributed by atoms with Crippen molar-refractivity contribution in [1.29, 1.82) is 0 Å². The summed E-state index contributed by atoms with van der Waals surface area (Å²) in [7, 11) is 1.55. The molecular formula is C20H23ClN6O3. The average molecular weight is 431 g/mol. The number of nitrogens with one attached hydrogen (secondary N) is 3. The zero-order valence-corrected chi connectivity index (χ0v) is 17.3. The number of halogens is 1. The van der Waals surface area contributed by atoms with Crippen LogP contribution in [0.3, 0.4) is 0 Å². The summed E-state index contributed by atoms with van der Waals surface area (Å²) in [6.45, 7) is 0.340. The number of benzene rings is 1. The lowest BCUT2D eigenvalue weighted by Gasteiger charge is -2.30. The summed E-state index contributed by atoms with van der Waals surface area (Å²) in [4.78, 5) is 34.4. The summed E-state index contributed by atoms with van der Waals surface area (Å²) in [5.74, 6) is 0.966. The molecule has 1 aliphatic carbocycles. The maximum Gasteiger partial charge on any atom is 0.407 e. The van der Waals surface area contributed by atoms with E-state index in [1.54, 1.807) is 30.3 Å². The van der Waals surface area contributed by atoms with Crippen LogP contribution in [0.2, 0.25) is 5.02 Å². The van der Waals surface area contributed by atoms with Gasteiger partial charge in [0.05, 0.1) is 17.3 Å². The summed E-state index contributed by atoms with van der Waals surface area (Å²) in [5.41, 5.74) is 1.45. The molecule has 2 aliphatic rings. The van der Waals surface area contributed by atoms with Gasteiger partial charge in [-0.1, -0.05) is 23.7 Å². The molecule has 0 unspecified atom stereocenters. The van der Waals surface area contributed by atoms with Crippen LogP contribution in [0, 0.1) is 0 Å². The Hall–Kier alpha value is -3.07. The van der Waals surface area contributed by atoms with Gasteiger partial charge in [-0.25, -0.2) is 14.6 Å². The van der Waals surface area contributed by atoms with Gasteiger partial charge in [-0.2, -0.15) is 4.98 Å². The summed E-state index contributed by atoms with van der Waals surface area (Å²) in [5, 5.41) is 9.12. The van der Waals surface area contributed by atoms with E-state index >= 15 is 0 Å². The quantitative estimate of drug-likeness (QED) is 0.681. The minimum Gasteiger partial charge on any atom is -0.446 e. The van der Waals surface area contributed by atoms with Crippen molar-refractivity contribution in [1.82, 2.24) is 15.3 Å². The van der Waals surface area contributed by atoms with Crippen LogP contribution in [0.4, 0.5) is 27.0 Å². The van der Waals surface area contributed by atoms with Crippen molar-refractivity contribution in [3.05, 3.63) is 41.0 Å². The molecule has 10 heteroatoms. The number of urea groups is 1. The lowest BCUT2D eigenvalue weighted by molar-refractivity contribution is 0.0747. The minimum atomic E-state index is -0.397. The molecule has 158 valence electrons. The fraction of sp³-hybridized carbons (Fsp3) is 0.400. The number of aromatic nitrogens is 2. The molecule has 3 N–H and O–H groups in total. The van der Waals surface area contributed by atoms with Crippen molar-refractivity contribution in [2.24, 2.45) is 0 Å². The van der Waals surface area contributed by atoms with Gasteiger partial charge in [0.25, 0.3) is 0 Å². The van der Waals surface area contributed by atoms with E-state index in [9.17, 15) is 9.59 Å². The van der Waals surface area contributed by atoms with Gasteiger partial charge in [-0.3, -0.25) is 10.2 Å². The molecule has 1 aromatic heterocycles. The highest BCUT2D eigenvalue weighted by Crippen LogP contribution is 2.31. The number of hydrogen-bond donors (Lipinski definition) is 3. The van der Waals surface area contributed by atoms with E-state index in [1.807, 2.05) is 12.1 Å². The maximum absolute atomic E-state index is 12.6. The number of nitrogens with zero attached hydrogens (tertiary/aromatic N) is 3. The second-order valence-corrected chi connectivity index (χ2v) is 7.72. The second-order valence-electron chi connectivity index (χ2n) is 7.31. The van der Waals surface area contributed by atoms with E-state index in [0.717, 1.165) is 31.2 Å². The van der Waals surface area contributed by atoms with Crippen molar-refractivity contribution in [3.8, 4) is 0 Å². The van der Waals surface area contributed by atoms with E-state index in [2.05, 4.69) is 25.9 Å². The van der Waals surface area contributed by atoms with Gasteiger partial charge in [0, 0.05) is 24.8 Å². The van der Waals surface area contributed by atoms with Gasteiger partial charge in [-0.15, -0.1) is 0 Å². The largest absolute Gasteiger partial charge is 0.446 e. The Labute approximate surface area is 179 Å². The standard InChI is InChI=1S/C20H23ClN6O3/c1-22-20(29)30-14-8-6-13(7-9-14)24-18-23-10-12-11-27(19(28)26-17(12)25-18)16-5-3-2-4-15(16)21/h2-5,10,13-14H,6-9,11H2,1H3,(H,22,29)(H2,23,24,25,26,28)/t13-,14-. The van der Waals surface area contributed by atoms with E-state index in [1.165, 1.54) is 0 Å². The molecule has 1 saturated carbocycles. The monoisotopic (exact) mass is 430 g/mol. The number of hydrogen-bond acceptors (Lipinski definition) is 6. The van der Waals surface area contributed by atoms with Gasteiger partial charge < -0.3 is 15.4 Å². The van der Waals surface area contributed by atoms with E-state index < -0.39 is 6.09 Å². The molecular weight excluding hydrogens is 408 g/mol. The second kappa shape index (κ2) is 8.74. The molecule has 2 aromatic rings. The number of carbonyl (C=O) groups is 2. The van der Waals surface area contributed by atoms with Crippen LogP contribution < -0.4 is 20.9 Å². The third kappa shape index (κ3) is 4.40. The maximum atomic E-state index is 12.6. The molecule has 2 heterocycles. The number of ether oxygens (including phenoxy) is 1. The lowest BCUT2D eigenvalue weighted by Crippen LogP contribution is -2.39. The molecule has 0 atom stereocenters. The predicted octanol–water partition coefficient (Wildman–Crippen LogP) is 3.76. The van der Waals surface area contributed by atoms with Gasteiger partial charge in [0.2, 0.25) is 5.95 Å². The highest BCUT2D eigenvalue weighted by molar-refractivity contribution is 6.34. The van der Waals surface area contributed by atoms with Crippen molar-refractivity contribution < 1.29 is 14.3 Å². The van der Waals surface area contributed by atoms with Crippen molar-refractivity contribution in [2.75, 3.05) is 22.6 Å². The van der Waals surface area contributed by atoms with Crippen LogP contribution in [0.15, 0.2) is 30.5 Å². The summed E-state index contributed by atoms with van der Waals surface area (Å²) >= 11 is 6.24. The van der Waals surface area contributed by atoms with Crippen LogP contribution >= 0.6 is 11.6 Å². The Kier molecular flexibility index (Phi) is 5.89. The summed E-state index contributed by atoms with van der Waals surface area (Å²) in [6.07, 6.45) is 4.49. The first-order valence-electron chi connectivity index (χ1n) is 9.87. The minimum absolute atomic E-state index is 0.0671. The van der Waals surface area contributed by atoms with Crippen molar-refractivity contribution in [3.63, 3.8) is 0 Å². The Morgan fingerprint density at radius 2 is 2.03 bits per heavy atom. The number of amides is 3. The third-order valence-corrected chi connectivity index (χ3v) is 5.61. The van der Waals surface area contributed by atoms with Crippen molar-refractivity contribution >= 4 is 41.2 Å². The molecule has 1 fully saturated rings. The number of alkyl carbamates (subject to hydrolysis) is 1. The van der Waals surface area contributed by atoms with Crippen LogP contribution in [0.1, 0.15) is 31.2 Å². The van der Waals surface area contributed by atoms with Crippen molar-refractivity contribution in [2.45, 2.75) is 44.4 Å². The van der Waals surface area contributed by atoms with E-state index in [-0.39, 0.29) is 18.2 Å². The van der Waals surface area contributed by atoms with Gasteiger partial charge in [0.1, 0.15) is 11.9 Å². The van der Waals surface area contributed by atoms with Gasteiger partial charge in [-0.05, 0) is 37.8 Å². The van der Waals surface area contributed by atoms with Crippen LogP contribution in [-0.4, -0.2) is 41.3 Å². The normalized spacial score (nSPS) is 20.7. The first kappa shape index (κ1) is 20.2. The Balaban J connectivity index is 1.39. The lowest BCUT2D eigenvalue weighted by atomic mass is 9.93. The third-order valence-electron chi connectivity index (χ3n) is 5.29. The zero-order valence-electron chi connectivity index (χ0n) is 16.5. The molecule has 4 rings (SSSR count). The fourth-order valence-corrected chi connectivity index (χ4v) is 3.93. The topological polar surface area (TPSA) is 108 Å². The van der Waals surface area contributed by atoms with Gasteiger partial charge >= 0.3 is 12.1 Å². The molecule has 0 spiro atoms. The molecule has 30 heavy (non-hydrogen) atoms. The first-order valence-corrected chi connectivity index (χ1v) is 10.2. The molecule has 0 saturated heterocycles. The van der Waals surface area contributed by atoms with E-state index in [0.29, 0.717) is 29.0 Å². The molecule has 3 amide bonds. The number of rotatable bonds is 4. The first-order chi connectivity index (χ1) is 14.5. The SMILES string of the molecule is CNC(=O)O[C@H]1CC[C@H](Nc2ncc3c(n2)NC(=O)N(c2ccccc2Cl)C3)CC1. The van der Waals surface area contributed by atoms with Crippen LogP contribution in [0.25, 0.3) is 0 Å². The van der Waals surface area contributed by atoms with E-state index in [4.69, 9.17) is 16.3 Å². The molecule has 0 bridgehead atoms. The zero-order chi connectivity index (χ0) is 21.1. The Morgan fingerprint density at radius 1 is 1.27 bits per heavy atom. The summed E-state index contributed by atoms with van der Waals surface area (Å²) in [6, 6.07) is 7.10. The molecule has 0 radical (unpaired) electrons. The number of anilines is 3. The van der Waals surface area contributed by atoms with Gasteiger partial charge in [0.15, 0.2) is 0 Å².